The molecule has 1 aliphatic heterocycles. The number of rotatable bonds is 9. The molecule has 0 bridgehead atoms. The number of hydrogen-bond acceptors (Lipinski definition) is 5. The fourth-order valence-corrected chi connectivity index (χ4v) is 5.27. The van der Waals surface area contributed by atoms with Gasteiger partial charge in [0.1, 0.15) is 5.75 Å². The van der Waals surface area contributed by atoms with E-state index in [4.69, 9.17) is 33.0 Å². The van der Waals surface area contributed by atoms with E-state index >= 15 is 0 Å². The number of aliphatic carboxylic acids is 1. The number of piperidine rings is 1. The third-order valence-electron chi connectivity index (χ3n) is 5.86. The highest BCUT2D eigenvalue weighted by molar-refractivity contribution is 7.99. The van der Waals surface area contributed by atoms with Crippen molar-refractivity contribution < 1.29 is 24.2 Å². The summed E-state index contributed by atoms with van der Waals surface area (Å²) in [5, 5.41) is 12.6. The molecule has 1 fully saturated rings. The molecule has 192 valence electrons. The van der Waals surface area contributed by atoms with Crippen molar-refractivity contribution in [2.24, 2.45) is 5.92 Å². The first-order valence-corrected chi connectivity index (χ1v) is 13.0. The number of ether oxygens (including phenoxy) is 1. The van der Waals surface area contributed by atoms with Crippen LogP contribution in [-0.4, -0.2) is 54.0 Å². The van der Waals surface area contributed by atoms with Gasteiger partial charge in [-0.1, -0.05) is 60.1 Å². The third kappa shape index (κ3) is 7.41. The summed E-state index contributed by atoms with van der Waals surface area (Å²) in [6.07, 6.45) is 4.27. The summed E-state index contributed by atoms with van der Waals surface area (Å²) in [6.45, 7) is 2.49. The van der Waals surface area contributed by atoms with Crippen molar-refractivity contribution >= 4 is 58.8 Å². The lowest BCUT2D eigenvalue weighted by Gasteiger charge is -2.32. The maximum absolute atomic E-state index is 12.7. The molecule has 2 aromatic rings. The van der Waals surface area contributed by atoms with E-state index in [2.05, 4.69) is 5.32 Å². The van der Waals surface area contributed by atoms with Crippen LogP contribution in [0.4, 0.5) is 0 Å². The summed E-state index contributed by atoms with van der Waals surface area (Å²) < 4.78 is 5.39. The normalized spacial score (nSPS) is 15.1. The molecule has 3 rings (SSSR count). The zero-order valence-corrected chi connectivity index (χ0v) is 22.3. The molecule has 2 N–H and O–H groups in total. The fourth-order valence-electron chi connectivity index (χ4n) is 3.74. The van der Waals surface area contributed by atoms with Crippen LogP contribution in [0.3, 0.4) is 0 Å². The summed E-state index contributed by atoms with van der Waals surface area (Å²) in [6, 6.07) is 11.2. The van der Waals surface area contributed by atoms with Gasteiger partial charge in [-0.3, -0.25) is 14.4 Å². The number of likely N-dealkylation sites (tertiary alicyclic amines) is 1. The second kappa shape index (κ2) is 13.0. The average Bonchev–Trinajstić information content (AvgIpc) is 2.86. The number of carbonyl (C=O) groups excluding carboxylic acids is 2. The van der Waals surface area contributed by atoms with E-state index in [-0.39, 0.29) is 24.3 Å². The van der Waals surface area contributed by atoms with Crippen molar-refractivity contribution in [3.8, 4) is 5.75 Å². The quantitative estimate of drug-likeness (QED) is 0.406. The number of carboxylic acids is 1. The second-order valence-electron chi connectivity index (χ2n) is 8.48. The number of nitrogens with one attached hydrogen (secondary N) is 1. The van der Waals surface area contributed by atoms with Gasteiger partial charge in [0.05, 0.1) is 28.0 Å². The molecule has 0 aliphatic carbocycles. The van der Waals surface area contributed by atoms with E-state index in [1.54, 1.807) is 18.1 Å². The van der Waals surface area contributed by atoms with Crippen LogP contribution >= 0.6 is 35.0 Å². The zero-order chi connectivity index (χ0) is 26.2. The molecular formula is C26H28Cl2N2O5S. The van der Waals surface area contributed by atoms with E-state index < -0.39 is 11.9 Å². The number of benzene rings is 2. The van der Waals surface area contributed by atoms with Gasteiger partial charge < -0.3 is 20.1 Å². The van der Waals surface area contributed by atoms with Crippen molar-refractivity contribution in [1.29, 1.82) is 0 Å². The van der Waals surface area contributed by atoms with Gasteiger partial charge >= 0.3 is 5.97 Å². The topological polar surface area (TPSA) is 95.9 Å². The molecule has 0 radical (unpaired) electrons. The Hall–Kier alpha value is -2.68. The van der Waals surface area contributed by atoms with Gasteiger partial charge in [0.25, 0.3) is 0 Å². The Morgan fingerprint density at radius 3 is 2.50 bits per heavy atom. The summed E-state index contributed by atoms with van der Waals surface area (Å²) in [5.74, 6) is -1.43. The molecule has 2 aromatic carbocycles. The van der Waals surface area contributed by atoms with Gasteiger partial charge in [-0.2, -0.15) is 0 Å². The summed E-state index contributed by atoms with van der Waals surface area (Å²) >= 11 is 14.5. The number of methoxy groups -OCH3 is 1. The molecule has 1 heterocycles. The average molecular weight is 551 g/mol. The SMILES string of the molecule is COc1ccccc1Sc1ccc(/C=C/C(=O)N2CCC(NC(=O)CC(C)C(=O)O)CC2)c(Cl)c1Cl. The summed E-state index contributed by atoms with van der Waals surface area (Å²) in [7, 11) is 1.61. The van der Waals surface area contributed by atoms with Gasteiger partial charge in [0, 0.05) is 36.5 Å². The Morgan fingerprint density at radius 2 is 1.83 bits per heavy atom. The molecule has 36 heavy (non-hydrogen) atoms. The molecule has 0 spiro atoms. The number of para-hydroxylation sites is 1. The van der Waals surface area contributed by atoms with Crippen molar-refractivity contribution in [2.75, 3.05) is 20.2 Å². The van der Waals surface area contributed by atoms with Crippen LogP contribution in [0, 0.1) is 5.92 Å². The molecule has 7 nitrogen and oxygen atoms in total. The highest BCUT2D eigenvalue weighted by Crippen LogP contribution is 2.42. The summed E-state index contributed by atoms with van der Waals surface area (Å²) in [5.41, 5.74) is 0.633. The molecule has 1 aliphatic rings. The molecular weight excluding hydrogens is 523 g/mol. The Kier molecular flexibility index (Phi) is 10.1. The number of carboxylic acid groups (broad SMARTS) is 1. The van der Waals surface area contributed by atoms with E-state index in [0.717, 1.165) is 15.5 Å². The first-order valence-electron chi connectivity index (χ1n) is 11.5. The minimum absolute atomic E-state index is 0.0588. The molecule has 0 aromatic heterocycles. The van der Waals surface area contributed by atoms with E-state index in [9.17, 15) is 14.4 Å². The van der Waals surface area contributed by atoms with Crippen molar-refractivity contribution in [1.82, 2.24) is 10.2 Å². The molecule has 1 unspecified atom stereocenters. The monoisotopic (exact) mass is 550 g/mol. The first kappa shape index (κ1) is 27.9. The van der Waals surface area contributed by atoms with Crippen LogP contribution in [0.2, 0.25) is 10.0 Å². The molecule has 2 amide bonds. The lowest BCUT2D eigenvalue weighted by molar-refractivity contribution is -0.143. The smallest absolute Gasteiger partial charge is 0.306 e. The van der Waals surface area contributed by atoms with Crippen molar-refractivity contribution in [3.05, 3.63) is 58.1 Å². The third-order valence-corrected chi connectivity index (χ3v) is 7.98. The van der Waals surface area contributed by atoms with Crippen LogP contribution < -0.4 is 10.1 Å². The lowest BCUT2D eigenvalue weighted by atomic mass is 10.0. The maximum atomic E-state index is 12.7. The number of halogens is 2. The van der Waals surface area contributed by atoms with Gasteiger partial charge in [0.15, 0.2) is 0 Å². The van der Waals surface area contributed by atoms with E-state index in [1.165, 1.54) is 24.8 Å². The number of carbonyl (C=O) groups is 3. The Morgan fingerprint density at radius 1 is 1.14 bits per heavy atom. The minimum Gasteiger partial charge on any atom is -0.496 e. The molecule has 0 saturated carbocycles. The minimum atomic E-state index is -0.997. The fraction of sp³-hybridized carbons (Fsp3) is 0.346. The predicted molar refractivity (Wildman–Crippen MR) is 142 cm³/mol. The van der Waals surface area contributed by atoms with Gasteiger partial charge in [-0.25, -0.2) is 0 Å². The van der Waals surface area contributed by atoms with Crippen LogP contribution in [0.1, 0.15) is 31.7 Å². The van der Waals surface area contributed by atoms with Gasteiger partial charge in [-0.15, -0.1) is 0 Å². The predicted octanol–water partition coefficient (Wildman–Crippen LogP) is 5.38. The second-order valence-corrected chi connectivity index (χ2v) is 10.3. The number of hydrogen-bond donors (Lipinski definition) is 2. The first-order chi connectivity index (χ1) is 17.2. The van der Waals surface area contributed by atoms with Gasteiger partial charge in [-0.05, 0) is 42.7 Å². The standard InChI is InChI=1S/C26H28Cl2N2O5S/c1-16(26(33)34)15-22(31)29-18-11-13-30(14-12-18)23(32)10-8-17-7-9-21(25(28)24(17)27)36-20-6-4-3-5-19(20)35-2/h3-10,16,18H,11-15H2,1-2H3,(H,29,31)(H,33,34)/b10-8+. The maximum Gasteiger partial charge on any atom is 0.306 e. The van der Waals surface area contributed by atoms with Gasteiger partial charge in [0.2, 0.25) is 11.8 Å². The van der Waals surface area contributed by atoms with Crippen LogP contribution in [0.15, 0.2) is 52.3 Å². The van der Waals surface area contributed by atoms with E-state index in [0.29, 0.717) is 41.5 Å². The highest BCUT2D eigenvalue weighted by Gasteiger charge is 2.24. The molecule has 1 saturated heterocycles. The Balaban J connectivity index is 1.56. The molecule has 1 atom stereocenters. The largest absolute Gasteiger partial charge is 0.496 e. The van der Waals surface area contributed by atoms with E-state index in [1.807, 2.05) is 36.4 Å². The van der Waals surface area contributed by atoms with Crippen molar-refractivity contribution in [2.45, 2.75) is 42.0 Å². The van der Waals surface area contributed by atoms with Crippen LogP contribution in [0.5, 0.6) is 5.75 Å². The highest BCUT2D eigenvalue weighted by atomic mass is 35.5. The Labute approximate surface area is 224 Å². The van der Waals surface area contributed by atoms with Crippen LogP contribution in [-0.2, 0) is 14.4 Å². The lowest BCUT2D eigenvalue weighted by Crippen LogP contribution is -2.46. The van der Waals surface area contributed by atoms with Crippen molar-refractivity contribution in [3.63, 3.8) is 0 Å². The number of nitrogens with zero attached hydrogens (tertiary/aromatic N) is 1. The zero-order valence-electron chi connectivity index (χ0n) is 20.0. The van der Waals surface area contributed by atoms with Crippen LogP contribution in [0.25, 0.3) is 6.08 Å². The number of amides is 2. The summed E-state index contributed by atoms with van der Waals surface area (Å²) in [4.78, 5) is 39.0. The molecule has 10 heteroatoms. The Bertz CT molecular complexity index is 1150.